The average molecular weight is 160 g/mol. The first kappa shape index (κ1) is 8.97. The van der Waals surface area contributed by atoms with Crippen molar-refractivity contribution in [2.75, 3.05) is 13.2 Å². The first-order valence-electron chi connectivity index (χ1n) is 4.24. The van der Waals surface area contributed by atoms with Crippen LogP contribution in [-0.4, -0.2) is 30.7 Å². The summed E-state index contributed by atoms with van der Waals surface area (Å²) in [4.78, 5) is 0. The van der Waals surface area contributed by atoms with Gasteiger partial charge in [0.1, 0.15) is 0 Å². The number of hydrogen-bond acceptors (Lipinski definition) is 3. The van der Waals surface area contributed by atoms with Gasteiger partial charge < -0.3 is 14.6 Å². The van der Waals surface area contributed by atoms with Crippen LogP contribution in [0.3, 0.4) is 0 Å². The normalized spacial score (nSPS) is 22.4. The number of aliphatic hydroxyl groups is 1. The molecule has 1 heterocycles. The van der Waals surface area contributed by atoms with Gasteiger partial charge in [0.25, 0.3) is 0 Å². The Hall–Kier alpha value is -0.120. The Morgan fingerprint density at radius 2 is 2.09 bits per heavy atom. The average Bonchev–Trinajstić information content (AvgIpc) is 2.40. The van der Waals surface area contributed by atoms with E-state index < -0.39 is 0 Å². The maximum Gasteiger partial charge on any atom is 0.160 e. The SMILES string of the molecule is CCCC(O)CC1OCCO1. The molecule has 0 aromatic rings. The highest BCUT2D eigenvalue weighted by Crippen LogP contribution is 2.12. The molecule has 0 bridgehead atoms. The molecule has 1 fully saturated rings. The number of ether oxygens (including phenoxy) is 2. The maximum atomic E-state index is 9.35. The minimum Gasteiger partial charge on any atom is -0.393 e. The van der Waals surface area contributed by atoms with E-state index in [2.05, 4.69) is 6.92 Å². The third-order valence-electron chi connectivity index (χ3n) is 1.78. The predicted octanol–water partition coefficient (Wildman–Crippen LogP) is 0.910. The molecule has 1 unspecified atom stereocenters. The zero-order valence-electron chi connectivity index (χ0n) is 6.95. The predicted molar refractivity (Wildman–Crippen MR) is 41.2 cm³/mol. The van der Waals surface area contributed by atoms with Crippen LogP contribution < -0.4 is 0 Å². The van der Waals surface area contributed by atoms with E-state index in [1.54, 1.807) is 0 Å². The summed E-state index contributed by atoms with van der Waals surface area (Å²) in [7, 11) is 0. The van der Waals surface area contributed by atoms with E-state index >= 15 is 0 Å². The molecule has 3 nitrogen and oxygen atoms in total. The smallest absolute Gasteiger partial charge is 0.160 e. The van der Waals surface area contributed by atoms with Crippen molar-refractivity contribution in [2.24, 2.45) is 0 Å². The summed E-state index contributed by atoms with van der Waals surface area (Å²) in [5, 5.41) is 9.35. The summed E-state index contributed by atoms with van der Waals surface area (Å²) in [5.74, 6) is 0. The second-order valence-electron chi connectivity index (χ2n) is 2.85. The molecule has 0 saturated carbocycles. The van der Waals surface area contributed by atoms with Crippen LogP contribution in [0.25, 0.3) is 0 Å². The molecule has 1 saturated heterocycles. The molecule has 0 radical (unpaired) electrons. The maximum absolute atomic E-state index is 9.35. The lowest BCUT2D eigenvalue weighted by atomic mass is 10.1. The summed E-state index contributed by atoms with van der Waals surface area (Å²) in [6.07, 6.45) is 2.05. The fourth-order valence-electron chi connectivity index (χ4n) is 1.22. The van der Waals surface area contributed by atoms with E-state index in [0.29, 0.717) is 19.6 Å². The molecule has 1 rings (SSSR count). The van der Waals surface area contributed by atoms with Crippen molar-refractivity contribution in [3.05, 3.63) is 0 Å². The van der Waals surface area contributed by atoms with Gasteiger partial charge in [-0.1, -0.05) is 13.3 Å². The second-order valence-corrected chi connectivity index (χ2v) is 2.85. The van der Waals surface area contributed by atoms with Gasteiger partial charge in [0.2, 0.25) is 0 Å². The van der Waals surface area contributed by atoms with Gasteiger partial charge in [-0.05, 0) is 6.42 Å². The first-order chi connectivity index (χ1) is 5.33. The zero-order chi connectivity index (χ0) is 8.10. The van der Waals surface area contributed by atoms with Gasteiger partial charge in [0.15, 0.2) is 6.29 Å². The quantitative estimate of drug-likeness (QED) is 0.664. The van der Waals surface area contributed by atoms with Crippen molar-refractivity contribution < 1.29 is 14.6 Å². The van der Waals surface area contributed by atoms with E-state index in [-0.39, 0.29) is 12.4 Å². The van der Waals surface area contributed by atoms with Crippen LogP contribution in [0.5, 0.6) is 0 Å². The van der Waals surface area contributed by atoms with E-state index in [1.165, 1.54) is 0 Å². The van der Waals surface area contributed by atoms with Gasteiger partial charge in [-0.15, -0.1) is 0 Å². The molecular formula is C8H16O3. The molecule has 0 spiro atoms. The third kappa shape index (κ3) is 3.18. The fraction of sp³-hybridized carbons (Fsp3) is 1.00. The first-order valence-corrected chi connectivity index (χ1v) is 4.24. The highest BCUT2D eigenvalue weighted by atomic mass is 16.7. The molecule has 1 aliphatic rings. The van der Waals surface area contributed by atoms with Crippen molar-refractivity contribution in [3.63, 3.8) is 0 Å². The summed E-state index contributed by atoms with van der Waals surface area (Å²) < 4.78 is 10.4. The van der Waals surface area contributed by atoms with Gasteiger partial charge in [0, 0.05) is 6.42 Å². The molecule has 0 amide bonds. The minimum absolute atomic E-state index is 0.156. The minimum atomic E-state index is -0.261. The van der Waals surface area contributed by atoms with Gasteiger partial charge in [-0.3, -0.25) is 0 Å². The molecule has 1 N–H and O–H groups in total. The van der Waals surface area contributed by atoms with Gasteiger partial charge in [0.05, 0.1) is 19.3 Å². The van der Waals surface area contributed by atoms with E-state index in [4.69, 9.17) is 9.47 Å². The van der Waals surface area contributed by atoms with Crippen LogP contribution in [0.15, 0.2) is 0 Å². The lowest BCUT2D eigenvalue weighted by Gasteiger charge is -2.13. The monoisotopic (exact) mass is 160 g/mol. The Morgan fingerprint density at radius 1 is 1.45 bits per heavy atom. The molecule has 0 aromatic heterocycles. The Labute approximate surface area is 67.3 Å². The van der Waals surface area contributed by atoms with Crippen LogP contribution in [-0.2, 0) is 9.47 Å². The van der Waals surface area contributed by atoms with E-state index in [0.717, 1.165) is 12.8 Å². The largest absolute Gasteiger partial charge is 0.393 e. The van der Waals surface area contributed by atoms with Crippen molar-refractivity contribution in [2.45, 2.75) is 38.6 Å². The molecule has 3 heteroatoms. The highest BCUT2D eigenvalue weighted by Gasteiger charge is 2.19. The van der Waals surface area contributed by atoms with E-state index in [9.17, 15) is 5.11 Å². The van der Waals surface area contributed by atoms with Crippen LogP contribution >= 0.6 is 0 Å². The third-order valence-corrected chi connectivity index (χ3v) is 1.78. The zero-order valence-corrected chi connectivity index (χ0v) is 6.95. The van der Waals surface area contributed by atoms with Gasteiger partial charge in [-0.25, -0.2) is 0 Å². The summed E-state index contributed by atoms with van der Waals surface area (Å²) in [6, 6.07) is 0. The number of rotatable bonds is 4. The summed E-state index contributed by atoms with van der Waals surface area (Å²) >= 11 is 0. The van der Waals surface area contributed by atoms with Crippen LogP contribution in [0.4, 0.5) is 0 Å². The van der Waals surface area contributed by atoms with Gasteiger partial charge in [-0.2, -0.15) is 0 Å². The van der Waals surface area contributed by atoms with Crippen LogP contribution in [0, 0.1) is 0 Å². The number of aliphatic hydroxyl groups excluding tert-OH is 1. The van der Waals surface area contributed by atoms with Crippen molar-refractivity contribution >= 4 is 0 Å². The topological polar surface area (TPSA) is 38.7 Å². The fourth-order valence-corrected chi connectivity index (χ4v) is 1.22. The standard InChI is InChI=1S/C8H16O3/c1-2-3-7(9)6-8-10-4-5-11-8/h7-9H,2-6H2,1H3. The Morgan fingerprint density at radius 3 is 2.64 bits per heavy atom. The molecule has 11 heavy (non-hydrogen) atoms. The summed E-state index contributed by atoms with van der Waals surface area (Å²) in [5.41, 5.74) is 0. The Balaban J connectivity index is 2.08. The van der Waals surface area contributed by atoms with Crippen LogP contribution in [0.1, 0.15) is 26.2 Å². The Kier molecular flexibility index (Phi) is 3.83. The lowest BCUT2D eigenvalue weighted by Crippen LogP contribution is -2.18. The van der Waals surface area contributed by atoms with Crippen molar-refractivity contribution in [1.29, 1.82) is 0 Å². The molecule has 1 atom stereocenters. The Bertz CT molecular complexity index is 99.5. The van der Waals surface area contributed by atoms with Crippen LogP contribution in [0.2, 0.25) is 0 Å². The molecule has 66 valence electrons. The molecule has 0 aliphatic carbocycles. The highest BCUT2D eigenvalue weighted by molar-refractivity contribution is 4.60. The van der Waals surface area contributed by atoms with E-state index in [1.807, 2.05) is 0 Å². The van der Waals surface area contributed by atoms with Crippen molar-refractivity contribution in [1.82, 2.24) is 0 Å². The second kappa shape index (κ2) is 4.70. The number of hydrogen-bond donors (Lipinski definition) is 1. The van der Waals surface area contributed by atoms with Crippen molar-refractivity contribution in [3.8, 4) is 0 Å². The molecule has 1 aliphatic heterocycles. The van der Waals surface area contributed by atoms with Gasteiger partial charge >= 0.3 is 0 Å². The molecular weight excluding hydrogens is 144 g/mol. The summed E-state index contributed by atoms with van der Waals surface area (Å²) in [6.45, 7) is 3.40. The molecule has 0 aromatic carbocycles. The lowest BCUT2D eigenvalue weighted by molar-refractivity contribution is -0.0710.